The van der Waals surface area contributed by atoms with Crippen molar-refractivity contribution in [3.8, 4) is 39.1 Å². The molecule has 0 aliphatic heterocycles. The first-order valence-electron chi connectivity index (χ1n) is 16.8. The molecular formula is C46H35N. The van der Waals surface area contributed by atoms with Crippen LogP contribution in [0.5, 0.6) is 0 Å². The van der Waals surface area contributed by atoms with Crippen molar-refractivity contribution in [1.29, 1.82) is 0 Å². The number of rotatable bonds is 2. The highest BCUT2D eigenvalue weighted by Crippen LogP contribution is 2.57. The molecule has 47 heavy (non-hydrogen) atoms. The Labute approximate surface area is 275 Å². The first-order valence-corrected chi connectivity index (χ1v) is 16.8. The molecule has 10 rings (SSSR count). The van der Waals surface area contributed by atoms with Gasteiger partial charge in [-0.15, -0.1) is 0 Å². The Kier molecular flexibility index (Phi) is 5.19. The number of nitrogens with zero attached hydrogens (tertiary/aromatic N) is 1. The molecule has 0 unspecified atom stereocenters. The fourth-order valence-corrected chi connectivity index (χ4v) is 9.03. The molecule has 0 amide bonds. The van der Waals surface area contributed by atoms with Gasteiger partial charge in [0.05, 0.1) is 11.0 Å². The van der Waals surface area contributed by atoms with Gasteiger partial charge in [0.2, 0.25) is 0 Å². The van der Waals surface area contributed by atoms with Crippen LogP contribution < -0.4 is 0 Å². The molecule has 1 heterocycles. The van der Waals surface area contributed by atoms with Crippen molar-refractivity contribution in [2.75, 3.05) is 0 Å². The zero-order valence-corrected chi connectivity index (χ0v) is 27.2. The summed E-state index contributed by atoms with van der Waals surface area (Å²) in [6.45, 7) is 9.62. The summed E-state index contributed by atoms with van der Waals surface area (Å²) in [4.78, 5) is 0. The molecule has 0 atom stereocenters. The van der Waals surface area contributed by atoms with Crippen molar-refractivity contribution < 1.29 is 0 Å². The number of benzene rings is 7. The van der Waals surface area contributed by atoms with Gasteiger partial charge >= 0.3 is 0 Å². The maximum Gasteiger partial charge on any atom is 0.0541 e. The van der Waals surface area contributed by atoms with E-state index in [1.807, 2.05) is 0 Å². The van der Waals surface area contributed by atoms with Gasteiger partial charge in [0, 0.05) is 27.3 Å². The summed E-state index contributed by atoms with van der Waals surface area (Å²) >= 11 is 0. The summed E-state index contributed by atoms with van der Waals surface area (Å²) in [5.74, 6) is 0. The maximum atomic E-state index is 2.54. The molecule has 0 fully saturated rings. The first kappa shape index (κ1) is 26.8. The number of hydrogen-bond donors (Lipinski definition) is 0. The van der Waals surface area contributed by atoms with Crippen molar-refractivity contribution in [2.24, 2.45) is 0 Å². The normalized spacial score (nSPS) is 15.1. The lowest BCUT2D eigenvalue weighted by atomic mass is 9.67. The second-order valence-corrected chi connectivity index (χ2v) is 14.5. The minimum absolute atomic E-state index is 0.104. The van der Waals surface area contributed by atoms with Gasteiger partial charge in [-0.2, -0.15) is 0 Å². The van der Waals surface area contributed by atoms with Gasteiger partial charge in [-0.25, -0.2) is 0 Å². The van der Waals surface area contributed by atoms with Crippen LogP contribution in [0, 0.1) is 0 Å². The number of aromatic nitrogens is 1. The summed E-state index contributed by atoms with van der Waals surface area (Å²) in [5, 5.41) is 5.31. The molecule has 0 saturated heterocycles. The third kappa shape index (κ3) is 3.44. The topological polar surface area (TPSA) is 4.93 Å². The standard InChI is InChI=1S/C46H35N/c1-45(2)37-18-10-13-29-12-9-17-34(43(29)37)35-26-40-36(27-39(35)45)44-31(16-11-19-38(44)46(40,3)4)28-22-24-30(25-23-28)47-41-20-7-5-14-32(41)33-15-6-8-21-42(33)47/h5-27H,1-4H3. The second kappa shape index (κ2) is 9.11. The van der Waals surface area contributed by atoms with Crippen molar-refractivity contribution in [3.63, 3.8) is 0 Å². The second-order valence-electron chi connectivity index (χ2n) is 14.5. The summed E-state index contributed by atoms with van der Waals surface area (Å²) in [5.41, 5.74) is 17.2. The largest absolute Gasteiger partial charge is 0.309 e. The molecule has 224 valence electrons. The molecule has 2 aliphatic rings. The quantitative estimate of drug-likeness (QED) is 0.186. The van der Waals surface area contributed by atoms with Gasteiger partial charge in [-0.1, -0.05) is 131 Å². The van der Waals surface area contributed by atoms with Gasteiger partial charge in [0.1, 0.15) is 0 Å². The van der Waals surface area contributed by atoms with E-state index in [2.05, 4.69) is 172 Å². The molecular weight excluding hydrogens is 567 g/mol. The van der Waals surface area contributed by atoms with E-state index < -0.39 is 0 Å². The first-order chi connectivity index (χ1) is 22.8. The van der Waals surface area contributed by atoms with E-state index in [0.717, 1.165) is 0 Å². The van der Waals surface area contributed by atoms with Crippen LogP contribution in [-0.2, 0) is 10.8 Å². The molecule has 0 N–H and O–H groups in total. The Balaban J connectivity index is 1.16. The van der Waals surface area contributed by atoms with Gasteiger partial charge in [0.15, 0.2) is 0 Å². The van der Waals surface area contributed by atoms with Crippen LogP contribution in [0.2, 0.25) is 0 Å². The molecule has 0 spiro atoms. The van der Waals surface area contributed by atoms with E-state index in [9.17, 15) is 0 Å². The lowest BCUT2D eigenvalue weighted by molar-refractivity contribution is 0.639. The van der Waals surface area contributed by atoms with E-state index >= 15 is 0 Å². The van der Waals surface area contributed by atoms with E-state index in [-0.39, 0.29) is 10.8 Å². The Morgan fingerprint density at radius 3 is 1.70 bits per heavy atom. The molecule has 0 bridgehead atoms. The maximum absolute atomic E-state index is 2.54. The van der Waals surface area contributed by atoms with Crippen LogP contribution in [0.4, 0.5) is 0 Å². The van der Waals surface area contributed by atoms with E-state index in [4.69, 9.17) is 0 Å². The highest BCUT2D eigenvalue weighted by atomic mass is 15.0. The summed E-state index contributed by atoms with van der Waals surface area (Å²) in [6.07, 6.45) is 0. The van der Waals surface area contributed by atoms with Crippen LogP contribution in [0.3, 0.4) is 0 Å². The Bertz CT molecular complexity index is 2550. The monoisotopic (exact) mass is 601 g/mol. The summed E-state index contributed by atoms with van der Waals surface area (Å²) < 4.78 is 2.40. The minimum Gasteiger partial charge on any atom is -0.309 e. The van der Waals surface area contributed by atoms with Crippen molar-refractivity contribution in [1.82, 2.24) is 4.57 Å². The summed E-state index contributed by atoms with van der Waals surface area (Å²) in [7, 11) is 0. The average molecular weight is 602 g/mol. The van der Waals surface area contributed by atoms with Crippen LogP contribution in [0.1, 0.15) is 49.9 Å². The fraction of sp³-hybridized carbons (Fsp3) is 0.130. The predicted octanol–water partition coefficient (Wildman–Crippen LogP) is 12.2. The third-order valence-corrected chi connectivity index (χ3v) is 11.4. The third-order valence-electron chi connectivity index (χ3n) is 11.4. The highest BCUT2D eigenvalue weighted by Gasteiger charge is 2.41. The summed E-state index contributed by atoms with van der Waals surface area (Å²) in [6, 6.07) is 52.3. The molecule has 0 saturated carbocycles. The SMILES string of the molecule is CC1(C)c2cc3c(cc2-c2c(-c4ccc(-n5c6ccccc6c6ccccc65)cc4)cccc21)C(C)(C)c1cccc2cccc-3c12. The van der Waals surface area contributed by atoms with Gasteiger partial charge < -0.3 is 4.57 Å². The van der Waals surface area contributed by atoms with Crippen LogP contribution in [-0.4, -0.2) is 4.57 Å². The Morgan fingerprint density at radius 1 is 0.426 bits per heavy atom. The highest BCUT2D eigenvalue weighted by molar-refractivity contribution is 6.09. The zero-order valence-electron chi connectivity index (χ0n) is 27.2. The van der Waals surface area contributed by atoms with Crippen LogP contribution in [0.15, 0.2) is 140 Å². The predicted molar refractivity (Wildman–Crippen MR) is 199 cm³/mol. The van der Waals surface area contributed by atoms with Crippen molar-refractivity contribution >= 4 is 32.6 Å². The van der Waals surface area contributed by atoms with Gasteiger partial charge in [-0.05, 0) is 103 Å². The average Bonchev–Trinajstić information content (AvgIpc) is 3.55. The van der Waals surface area contributed by atoms with E-state index in [0.29, 0.717) is 0 Å². The molecule has 1 nitrogen and oxygen atoms in total. The number of para-hydroxylation sites is 2. The molecule has 1 aromatic heterocycles. The Morgan fingerprint density at radius 2 is 0.979 bits per heavy atom. The molecule has 0 radical (unpaired) electrons. The lowest BCUT2D eigenvalue weighted by Gasteiger charge is -2.36. The van der Waals surface area contributed by atoms with E-state index in [1.54, 1.807) is 0 Å². The van der Waals surface area contributed by atoms with Gasteiger partial charge in [-0.3, -0.25) is 0 Å². The Hall–Kier alpha value is -5.40. The smallest absolute Gasteiger partial charge is 0.0541 e. The zero-order chi connectivity index (χ0) is 31.7. The number of hydrogen-bond acceptors (Lipinski definition) is 0. The van der Waals surface area contributed by atoms with Gasteiger partial charge in [0.25, 0.3) is 0 Å². The minimum atomic E-state index is -0.107. The van der Waals surface area contributed by atoms with Crippen LogP contribution in [0.25, 0.3) is 71.6 Å². The fourth-order valence-electron chi connectivity index (χ4n) is 9.03. The lowest BCUT2D eigenvalue weighted by Crippen LogP contribution is -2.24. The van der Waals surface area contributed by atoms with Crippen LogP contribution >= 0.6 is 0 Å². The number of fused-ring (bicyclic) bond motifs is 8. The van der Waals surface area contributed by atoms with E-state index in [1.165, 1.54) is 93.9 Å². The molecule has 7 aromatic carbocycles. The van der Waals surface area contributed by atoms with Crippen molar-refractivity contribution in [2.45, 2.75) is 38.5 Å². The molecule has 8 aromatic rings. The molecule has 1 heteroatoms. The van der Waals surface area contributed by atoms with Crippen molar-refractivity contribution in [3.05, 3.63) is 162 Å². The molecule has 2 aliphatic carbocycles.